The number of hydrogen-bond acceptors (Lipinski definition) is 8. The van der Waals surface area contributed by atoms with Crippen LogP contribution >= 0.6 is 0 Å². The fourth-order valence-corrected chi connectivity index (χ4v) is 6.65. The summed E-state index contributed by atoms with van der Waals surface area (Å²) in [5.74, 6) is 0.162. The number of carbonyl (C=O) groups excluding carboxylic acids is 1. The standard InChI is InChI=1S/C28H36F3N7O4S/c1-19-22(18-37(34-19)12-4-5-20-15-26(2,3)33-16-20)43(40,41)36-25(39)21-6-7-23(32-17-21)38-13-8-24(35-38)42-14-11-27(9-10-27)28(29,30)31/h6-8,13,17-18,20,33H,4-5,9-12,14-16H2,1-3H3,(H,36,39)/t20-/m0/s1. The van der Waals surface area contributed by atoms with Gasteiger partial charge in [0.2, 0.25) is 5.88 Å². The van der Waals surface area contributed by atoms with Crippen LogP contribution in [0.4, 0.5) is 13.2 Å². The first-order valence-electron chi connectivity index (χ1n) is 14.2. The van der Waals surface area contributed by atoms with E-state index in [0.717, 1.165) is 25.8 Å². The second kappa shape index (κ2) is 11.6. The van der Waals surface area contributed by atoms with Crippen molar-refractivity contribution in [2.24, 2.45) is 11.3 Å². The lowest BCUT2D eigenvalue weighted by Gasteiger charge is -2.18. The van der Waals surface area contributed by atoms with E-state index in [9.17, 15) is 26.4 Å². The molecule has 2 N–H and O–H groups in total. The van der Waals surface area contributed by atoms with E-state index in [1.54, 1.807) is 11.6 Å². The van der Waals surface area contributed by atoms with Gasteiger partial charge in [-0.2, -0.15) is 18.3 Å². The van der Waals surface area contributed by atoms with Crippen LogP contribution in [0.5, 0.6) is 5.88 Å². The third kappa shape index (κ3) is 7.20. The van der Waals surface area contributed by atoms with Crippen LogP contribution in [0.25, 0.3) is 5.82 Å². The first-order chi connectivity index (χ1) is 20.2. The summed E-state index contributed by atoms with van der Waals surface area (Å²) in [6, 6.07) is 4.35. The molecule has 1 saturated carbocycles. The minimum atomic E-state index is -4.24. The number of aromatic nitrogens is 5. The molecule has 3 aromatic rings. The van der Waals surface area contributed by atoms with Crippen LogP contribution in [0, 0.1) is 18.3 Å². The van der Waals surface area contributed by atoms with Crippen molar-refractivity contribution in [3.8, 4) is 11.7 Å². The zero-order chi connectivity index (χ0) is 31.0. The summed E-state index contributed by atoms with van der Waals surface area (Å²) < 4.78 is 75.7. The van der Waals surface area contributed by atoms with E-state index in [1.165, 1.54) is 41.5 Å². The lowest BCUT2D eigenvalue weighted by atomic mass is 9.94. The van der Waals surface area contributed by atoms with Crippen LogP contribution in [-0.4, -0.2) is 63.7 Å². The quantitative estimate of drug-likeness (QED) is 0.307. The molecule has 0 unspecified atom stereocenters. The molecule has 0 bridgehead atoms. The molecule has 2 aliphatic rings. The van der Waals surface area contributed by atoms with Crippen LogP contribution in [-0.2, 0) is 16.6 Å². The maximum atomic E-state index is 13.1. The number of hydrogen-bond donors (Lipinski definition) is 2. The molecule has 5 rings (SSSR count). The van der Waals surface area contributed by atoms with E-state index in [4.69, 9.17) is 4.74 Å². The van der Waals surface area contributed by atoms with Gasteiger partial charge in [-0.3, -0.25) is 9.48 Å². The number of alkyl halides is 3. The number of nitrogens with zero attached hydrogens (tertiary/aromatic N) is 5. The van der Waals surface area contributed by atoms with Gasteiger partial charge in [0.15, 0.2) is 5.82 Å². The molecule has 11 nitrogen and oxygen atoms in total. The molecule has 43 heavy (non-hydrogen) atoms. The van der Waals surface area contributed by atoms with Gasteiger partial charge in [0.25, 0.3) is 15.9 Å². The Morgan fingerprint density at radius 2 is 1.98 bits per heavy atom. The third-order valence-electron chi connectivity index (χ3n) is 8.18. The number of sulfonamides is 1. The lowest BCUT2D eigenvalue weighted by molar-refractivity contribution is -0.190. The van der Waals surface area contributed by atoms with Crippen molar-refractivity contribution < 1.29 is 31.1 Å². The van der Waals surface area contributed by atoms with Gasteiger partial charge in [0.1, 0.15) is 4.90 Å². The summed E-state index contributed by atoms with van der Waals surface area (Å²) in [7, 11) is -4.18. The molecule has 1 atom stereocenters. The SMILES string of the molecule is Cc1nn(CCC[C@@H]2CNC(C)(C)C2)cc1S(=O)(=O)NC(=O)c1ccc(-n2ccc(OCCC3(C(F)(F)F)CC3)n2)nc1. The topological polar surface area (TPSA) is 133 Å². The van der Waals surface area contributed by atoms with Gasteiger partial charge in [-0.1, -0.05) is 0 Å². The van der Waals surface area contributed by atoms with Crippen molar-refractivity contribution in [2.75, 3.05) is 13.2 Å². The number of ether oxygens (including phenoxy) is 1. The van der Waals surface area contributed by atoms with Crippen molar-refractivity contribution in [1.29, 1.82) is 0 Å². The molecular weight excluding hydrogens is 587 g/mol. The Morgan fingerprint density at radius 1 is 1.21 bits per heavy atom. The lowest BCUT2D eigenvalue weighted by Crippen LogP contribution is -2.31. The highest BCUT2D eigenvalue weighted by Gasteiger charge is 2.62. The molecule has 2 fully saturated rings. The monoisotopic (exact) mass is 623 g/mol. The first kappa shape index (κ1) is 31.0. The van der Waals surface area contributed by atoms with E-state index in [1.807, 2.05) is 0 Å². The minimum Gasteiger partial charge on any atom is -0.477 e. The van der Waals surface area contributed by atoms with Crippen molar-refractivity contribution in [3.05, 3.63) is 48.0 Å². The summed E-state index contributed by atoms with van der Waals surface area (Å²) >= 11 is 0. The van der Waals surface area contributed by atoms with Crippen LogP contribution < -0.4 is 14.8 Å². The molecule has 0 radical (unpaired) electrons. The first-order valence-corrected chi connectivity index (χ1v) is 15.7. The van der Waals surface area contributed by atoms with Crippen LogP contribution in [0.3, 0.4) is 0 Å². The van der Waals surface area contributed by atoms with Gasteiger partial charge in [-0.05, 0) is 83.9 Å². The van der Waals surface area contributed by atoms with Gasteiger partial charge in [-0.25, -0.2) is 22.8 Å². The number of aryl methyl sites for hydroxylation is 2. The smallest absolute Gasteiger partial charge is 0.394 e. The van der Waals surface area contributed by atoms with E-state index in [2.05, 4.69) is 39.1 Å². The molecule has 234 valence electrons. The predicted octanol–water partition coefficient (Wildman–Crippen LogP) is 4.17. The molecule has 4 heterocycles. The number of pyridine rings is 1. The highest BCUT2D eigenvalue weighted by atomic mass is 32.2. The zero-order valence-electron chi connectivity index (χ0n) is 24.3. The molecule has 0 spiro atoms. The Kier molecular flexibility index (Phi) is 8.33. The largest absolute Gasteiger partial charge is 0.477 e. The molecule has 1 aliphatic heterocycles. The number of amides is 1. The van der Waals surface area contributed by atoms with Crippen LogP contribution in [0.1, 0.15) is 68.4 Å². The third-order valence-corrected chi connectivity index (χ3v) is 9.61. The Morgan fingerprint density at radius 3 is 2.60 bits per heavy atom. The normalized spacial score (nSPS) is 19.3. The Hall–Kier alpha value is -3.46. The van der Waals surface area contributed by atoms with Gasteiger partial charge in [-0.15, -0.1) is 5.10 Å². The number of rotatable bonds is 12. The maximum absolute atomic E-state index is 13.1. The molecular formula is C28H36F3N7O4S. The number of carbonyl (C=O) groups is 1. The zero-order valence-corrected chi connectivity index (χ0v) is 25.1. The van der Waals surface area contributed by atoms with Gasteiger partial charge >= 0.3 is 6.18 Å². The van der Waals surface area contributed by atoms with E-state index in [-0.39, 0.29) is 47.7 Å². The average Bonchev–Trinajstić information content (AvgIpc) is 3.22. The molecule has 1 amide bonds. The van der Waals surface area contributed by atoms with Gasteiger partial charge in [0, 0.05) is 36.7 Å². The second-order valence-electron chi connectivity index (χ2n) is 12.1. The summed E-state index contributed by atoms with van der Waals surface area (Å²) in [6.07, 6.45) is 2.97. The highest BCUT2D eigenvalue weighted by molar-refractivity contribution is 7.90. The number of nitrogens with one attached hydrogen (secondary N) is 2. The fourth-order valence-electron chi connectivity index (χ4n) is 5.49. The minimum absolute atomic E-state index is 0.0102. The molecule has 1 saturated heterocycles. The predicted molar refractivity (Wildman–Crippen MR) is 150 cm³/mol. The van der Waals surface area contributed by atoms with E-state index in [0.29, 0.717) is 24.0 Å². The maximum Gasteiger partial charge on any atom is 0.394 e. The molecule has 1 aliphatic carbocycles. The van der Waals surface area contributed by atoms with Crippen molar-refractivity contribution in [3.63, 3.8) is 0 Å². The molecule has 0 aromatic carbocycles. The summed E-state index contributed by atoms with van der Waals surface area (Å²) in [5.41, 5.74) is -1.20. The van der Waals surface area contributed by atoms with Crippen LogP contribution in [0.15, 0.2) is 41.7 Å². The molecule has 3 aromatic heterocycles. The van der Waals surface area contributed by atoms with E-state index >= 15 is 0 Å². The van der Waals surface area contributed by atoms with Crippen molar-refractivity contribution in [2.45, 2.75) is 82.5 Å². The molecule has 15 heteroatoms. The number of halogens is 3. The van der Waals surface area contributed by atoms with Crippen molar-refractivity contribution in [1.82, 2.24) is 34.6 Å². The average molecular weight is 624 g/mol. The van der Waals surface area contributed by atoms with Crippen LogP contribution in [0.2, 0.25) is 0 Å². The van der Waals surface area contributed by atoms with Gasteiger partial charge in [0.05, 0.1) is 23.3 Å². The Balaban J connectivity index is 1.13. The second-order valence-corrected chi connectivity index (χ2v) is 13.8. The summed E-state index contributed by atoms with van der Waals surface area (Å²) in [6.45, 7) is 7.37. The van der Waals surface area contributed by atoms with Gasteiger partial charge < -0.3 is 10.1 Å². The highest BCUT2D eigenvalue weighted by Crippen LogP contribution is 2.59. The Labute approximate surface area is 248 Å². The van der Waals surface area contributed by atoms with E-state index < -0.39 is 27.5 Å². The fraction of sp³-hybridized carbons (Fsp3) is 0.571. The summed E-state index contributed by atoms with van der Waals surface area (Å²) in [5, 5.41) is 12.0. The Bertz CT molecular complexity index is 1560. The van der Waals surface area contributed by atoms with Crippen molar-refractivity contribution >= 4 is 15.9 Å². The summed E-state index contributed by atoms with van der Waals surface area (Å²) in [4.78, 5) is 16.9.